The molecule has 2 amide bonds. The molecule has 2 aromatic carbocycles. The minimum Gasteiger partial charge on any atom is -0.462 e. The van der Waals surface area contributed by atoms with Gasteiger partial charge in [-0.2, -0.15) is 0 Å². The summed E-state index contributed by atoms with van der Waals surface area (Å²) >= 11 is 0. The van der Waals surface area contributed by atoms with Crippen molar-refractivity contribution < 1.29 is 19.1 Å². The summed E-state index contributed by atoms with van der Waals surface area (Å²) in [6, 6.07) is 15.9. The number of esters is 1. The fraction of sp³-hybridized carbons (Fsp3) is 0.318. The number of rotatable bonds is 5. The second-order valence-electron chi connectivity index (χ2n) is 6.79. The molecule has 146 valence electrons. The number of benzene rings is 2. The van der Waals surface area contributed by atoms with Gasteiger partial charge in [-0.05, 0) is 43.2 Å². The zero-order chi connectivity index (χ0) is 20.1. The highest BCUT2D eigenvalue weighted by Crippen LogP contribution is 2.36. The standard InChI is InChI=1S/C22H24N2O4/c1-3-28-22(27)16-9-11-17(12-10-16)23-21(26)18-13-14-19(25)24(2)20(18)15-7-5-4-6-8-15/h4-12,18,20H,3,13-14H2,1-2H3,(H,23,26)/t18-,20+/m0/s1. The zero-order valence-electron chi connectivity index (χ0n) is 16.1. The Hall–Kier alpha value is -3.15. The van der Waals surface area contributed by atoms with Crippen LogP contribution in [0.3, 0.4) is 0 Å². The van der Waals surface area contributed by atoms with E-state index in [1.165, 1.54) is 0 Å². The van der Waals surface area contributed by atoms with Gasteiger partial charge in [0, 0.05) is 19.2 Å². The van der Waals surface area contributed by atoms with Crippen LogP contribution in [0.5, 0.6) is 0 Å². The Morgan fingerprint density at radius 1 is 1.11 bits per heavy atom. The highest BCUT2D eigenvalue weighted by molar-refractivity contribution is 5.95. The maximum absolute atomic E-state index is 13.0. The van der Waals surface area contributed by atoms with Crippen LogP contribution < -0.4 is 5.32 Å². The SMILES string of the molecule is CCOC(=O)c1ccc(NC(=O)[C@H]2CCC(=O)N(C)[C@@H]2c2ccccc2)cc1. The molecule has 0 aliphatic carbocycles. The average Bonchev–Trinajstić information content (AvgIpc) is 2.71. The molecule has 28 heavy (non-hydrogen) atoms. The van der Waals surface area contributed by atoms with E-state index >= 15 is 0 Å². The second-order valence-corrected chi connectivity index (χ2v) is 6.79. The molecular weight excluding hydrogens is 356 g/mol. The highest BCUT2D eigenvalue weighted by atomic mass is 16.5. The molecule has 0 spiro atoms. The van der Waals surface area contributed by atoms with E-state index in [-0.39, 0.29) is 23.8 Å². The van der Waals surface area contributed by atoms with Crippen molar-refractivity contribution >= 4 is 23.5 Å². The van der Waals surface area contributed by atoms with Crippen LogP contribution in [0.4, 0.5) is 5.69 Å². The third kappa shape index (κ3) is 4.22. The molecule has 2 aromatic rings. The van der Waals surface area contributed by atoms with Gasteiger partial charge in [-0.1, -0.05) is 30.3 Å². The molecule has 1 N–H and O–H groups in total. The molecule has 3 rings (SSSR count). The quantitative estimate of drug-likeness (QED) is 0.807. The number of likely N-dealkylation sites (tertiary alicyclic amines) is 1. The lowest BCUT2D eigenvalue weighted by atomic mass is 9.84. The summed E-state index contributed by atoms with van der Waals surface area (Å²) < 4.78 is 4.97. The Balaban J connectivity index is 1.76. The minimum atomic E-state index is -0.392. The molecule has 1 saturated heterocycles. The lowest BCUT2D eigenvalue weighted by molar-refractivity contribution is -0.140. The zero-order valence-corrected chi connectivity index (χ0v) is 16.1. The van der Waals surface area contributed by atoms with Gasteiger partial charge in [-0.3, -0.25) is 9.59 Å². The van der Waals surface area contributed by atoms with E-state index in [1.807, 2.05) is 30.3 Å². The van der Waals surface area contributed by atoms with Crippen LogP contribution in [-0.2, 0) is 14.3 Å². The van der Waals surface area contributed by atoms with Gasteiger partial charge in [0.25, 0.3) is 0 Å². The summed E-state index contributed by atoms with van der Waals surface area (Å²) in [6.07, 6.45) is 0.842. The number of nitrogens with zero attached hydrogens (tertiary/aromatic N) is 1. The second kappa shape index (κ2) is 8.69. The number of piperidine rings is 1. The molecule has 0 unspecified atom stereocenters. The normalized spacial score (nSPS) is 19.2. The van der Waals surface area contributed by atoms with Crippen LogP contribution in [0, 0.1) is 5.92 Å². The molecule has 6 nitrogen and oxygen atoms in total. The molecule has 1 aliphatic heterocycles. The van der Waals surface area contributed by atoms with Crippen LogP contribution >= 0.6 is 0 Å². The van der Waals surface area contributed by atoms with E-state index in [4.69, 9.17) is 4.74 Å². The van der Waals surface area contributed by atoms with Crippen molar-refractivity contribution in [1.29, 1.82) is 0 Å². The first-order chi connectivity index (χ1) is 13.5. The molecule has 0 radical (unpaired) electrons. The summed E-state index contributed by atoms with van der Waals surface area (Å²) in [5, 5.41) is 2.92. The first-order valence-corrected chi connectivity index (χ1v) is 9.40. The molecular formula is C22H24N2O4. The largest absolute Gasteiger partial charge is 0.462 e. The molecule has 0 bridgehead atoms. The van der Waals surface area contributed by atoms with Crippen molar-refractivity contribution in [2.75, 3.05) is 19.0 Å². The maximum atomic E-state index is 13.0. The molecule has 1 aliphatic rings. The summed E-state index contributed by atoms with van der Waals surface area (Å²) in [5.41, 5.74) is 1.98. The fourth-order valence-corrected chi connectivity index (χ4v) is 3.56. The summed E-state index contributed by atoms with van der Waals surface area (Å²) in [7, 11) is 1.74. The molecule has 2 atom stereocenters. The molecule has 0 saturated carbocycles. The Morgan fingerprint density at radius 2 is 1.79 bits per heavy atom. The summed E-state index contributed by atoms with van der Waals surface area (Å²) in [4.78, 5) is 38.6. The molecule has 1 fully saturated rings. The first kappa shape index (κ1) is 19.6. The van der Waals surface area contributed by atoms with Gasteiger partial charge in [0.1, 0.15) is 0 Å². The van der Waals surface area contributed by atoms with E-state index in [1.54, 1.807) is 43.1 Å². The van der Waals surface area contributed by atoms with E-state index in [2.05, 4.69) is 5.32 Å². The van der Waals surface area contributed by atoms with Crippen LogP contribution in [0.1, 0.15) is 41.7 Å². The van der Waals surface area contributed by atoms with Crippen molar-refractivity contribution in [3.8, 4) is 0 Å². The van der Waals surface area contributed by atoms with Gasteiger partial charge in [0.05, 0.1) is 24.1 Å². The Kier molecular flexibility index (Phi) is 6.09. The van der Waals surface area contributed by atoms with Gasteiger partial charge >= 0.3 is 5.97 Å². The fourth-order valence-electron chi connectivity index (χ4n) is 3.56. The van der Waals surface area contributed by atoms with Crippen molar-refractivity contribution in [3.05, 3.63) is 65.7 Å². The molecule has 0 aromatic heterocycles. The number of nitrogens with one attached hydrogen (secondary N) is 1. The van der Waals surface area contributed by atoms with Gasteiger partial charge in [-0.25, -0.2) is 4.79 Å². The van der Waals surface area contributed by atoms with E-state index in [9.17, 15) is 14.4 Å². The molecule has 1 heterocycles. The first-order valence-electron chi connectivity index (χ1n) is 9.40. The predicted octanol–water partition coefficient (Wildman–Crippen LogP) is 3.41. The van der Waals surface area contributed by atoms with Crippen molar-refractivity contribution in [2.45, 2.75) is 25.8 Å². The van der Waals surface area contributed by atoms with Crippen molar-refractivity contribution in [2.24, 2.45) is 5.92 Å². The number of hydrogen-bond donors (Lipinski definition) is 1. The molecule has 6 heteroatoms. The Labute approximate surface area is 164 Å². The monoisotopic (exact) mass is 380 g/mol. The lowest BCUT2D eigenvalue weighted by Crippen LogP contribution is -2.44. The highest BCUT2D eigenvalue weighted by Gasteiger charge is 2.38. The third-order valence-electron chi connectivity index (χ3n) is 5.00. The predicted molar refractivity (Wildman–Crippen MR) is 106 cm³/mol. The van der Waals surface area contributed by atoms with Gasteiger partial charge in [0.15, 0.2) is 0 Å². The van der Waals surface area contributed by atoms with E-state index in [0.29, 0.717) is 30.7 Å². The van der Waals surface area contributed by atoms with Gasteiger partial charge in [-0.15, -0.1) is 0 Å². The number of carbonyl (C=O) groups excluding carboxylic acids is 3. The average molecular weight is 380 g/mol. The van der Waals surface area contributed by atoms with E-state index < -0.39 is 5.97 Å². The van der Waals surface area contributed by atoms with Gasteiger partial charge in [0.2, 0.25) is 11.8 Å². The third-order valence-corrected chi connectivity index (χ3v) is 5.00. The number of anilines is 1. The number of hydrogen-bond acceptors (Lipinski definition) is 4. The smallest absolute Gasteiger partial charge is 0.338 e. The van der Waals surface area contributed by atoms with Crippen LogP contribution in [0.2, 0.25) is 0 Å². The number of ether oxygens (including phenoxy) is 1. The van der Waals surface area contributed by atoms with Crippen LogP contribution in [-0.4, -0.2) is 36.3 Å². The topological polar surface area (TPSA) is 75.7 Å². The summed E-state index contributed by atoms with van der Waals surface area (Å²) in [6.45, 7) is 2.06. The minimum absolute atomic E-state index is 0.0386. The van der Waals surface area contributed by atoms with Gasteiger partial charge < -0.3 is 15.0 Å². The lowest BCUT2D eigenvalue weighted by Gasteiger charge is -2.38. The Bertz CT molecular complexity index is 849. The maximum Gasteiger partial charge on any atom is 0.338 e. The number of amides is 2. The van der Waals surface area contributed by atoms with Crippen molar-refractivity contribution in [3.63, 3.8) is 0 Å². The van der Waals surface area contributed by atoms with Crippen molar-refractivity contribution in [1.82, 2.24) is 4.90 Å². The van der Waals surface area contributed by atoms with Crippen LogP contribution in [0.15, 0.2) is 54.6 Å². The van der Waals surface area contributed by atoms with E-state index in [0.717, 1.165) is 5.56 Å². The van der Waals surface area contributed by atoms with Crippen LogP contribution in [0.25, 0.3) is 0 Å². The number of carbonyl (C=O) groups is 3. The Morgan fingerprint density at radius 3 is 2.43 bits per heavy atom. The summed E-state index contributed by atoms with van der Waals surface area (Å²) in [5.74, 6) is -0.847.